The number of methoxy groups -OCH3 is 2. The Balaban J connectivity index is 1.40. The number of sulfonamides is 1. The van der Waals surface area contributed by atoms with Gasteiger partial charge in [0.05, 0.1) is 36.1 Å². The van der Waals surface area contributed by atoms with Crippen LogP contribution in [0.2, 0.25) is 0 Å². The minimum atomic E-state index is -3.82. The van der Waals surface area contributed by atoms with Gasteiger partial charge in [-0.3, -0.25) is 9.52 Å². The topological polar surface area (TPSA) is 143 Å². The number of carbonyl (C=O) groups is 1. The van der Waals surface area contributed by atoms with E-state index in [1.807, 2.05) is 48.5 Å². The molecule has 0 unspecified atom stereocenters. The van der Waals surface area contributed by atoms with Crippen LogP contribution in [-0.2, 0) is 14.8 Å². The Morgan fingerprint density at radius 1 is 1.00 bits per heavy atom. The molecular formula is C31H25N5O5S3. The fourth-order valence-corrected chi connectivity index (χ4v) is 6.89. The van der Waals surface area contributed by atoms with Gasteiger partial charge in [0.1, 0.15) is 11.1 Å². The van der Waals surface area contributed by atoms with Crippen molar-refractivity contribution >= 4 is 49.8 Å². The molecule has 0 bridgehead atoms. The Morgan fingerprint density at radius 3 is 2.43 bits per heavy atom. The molecule has 0 fully saturated rings. The highest BCUT2D eigenvalue weighted by atomic mass is 32.2. The molecule has 13 heteroatoms. The van der Waals surface area contributed by atoms with E-state index in [2.05, 4.69) is 21.1 Å². The van der Waals surface area contributed by atoms with Crippen LogP contribution in [0.1, 0.15) is 5.56 Å². The first-order valence-electron chi connectivity index (χ1n) is 13.0. The number of rotatable bonds is 11. The number of anilines is 2. The van der Waals surface area contributed by atoms with Gasteiger partial charge in [-0.15, -0.1) is 11.3 Å². The third kappa shape index (κ3) is 6.84. The van der Waals surface area contributed by atoms with Crippen molar-refractivity contribution in [1.29, 1.82) is 5.26 Å². The first-order valence-corrected chi connectivity index (χ1v) is 16.3. The summed E-state index contributed by atoms with van der Waals surface area (Å²) in [6.45, 7) is 0. The van der Waals surface area contributed by atoms with E-state index in [0.717, 1.165) is 17.3 Å². The monoisotopic (exact) mass is 643 g/mol. The molecule has 0 aliphatic heterocycles. The molecule has 222 valence electrons. The molecule has 2 heterocycles. The quantitative estimate of drug-likeness (QED) is 0.159. The number of benzene rings is 3. The van der Waals surface area contributed by atoms with Gasteiger partial charge in [0.2, 0.25) is 5.91 Å². The normalized spacial score (nSPS) is 10.9. The van der Waals surface area contributed by atoms with Crippen molar-refractivity contribution in [3.8, 4) is 40.0 Å². The average molecular weight is 644 g/mol. The third-order valence-electron chi connectivity index (χ3n) is 6.30. The number of hydrogen-bond donors (Lipinski definition) is 2. The minimum absolute atomic E-state index is 0.0289. The summed E-state index contributed by atoms with van der Waals surface area (Å²) in [5.74, 6) is 0.569. The van der Waals surface area contributed by atoms with Crippen molar-refractivity contribution in [2.45, 2.75) is 9.92 Å². The predicted molar refractivity (Wildman–Crippen MR) is 172 cm³/mol. The zero-order valence-electron chi connectivity index (χ0n) is 23.5. The van der Waals surface area contributed by atoms with Crippen molar-refractivity contribution in [3.63, 3.8) is 0 Å². The van der Waals surface area contributed by atoms with Crippen LogP contribution in [0.3, 0.4) is 0 Å². The summed E-state index contributed by atoms with van der Waals surface area (Å²) in [7, 11) is -0.744. The van der Waals surface area contributed by atoms with E-state index in [9.17, 15) is 18.5 Å². The van der Waals surface area contributed by atoms with E-state index in [1.165, 1.54) is 48.9 Å². The molecule has 0 saturated carbocycles. The van der Waals surface area contributed by atoms with E-state index in [4.69, 9.17) is 14.5 Å². The molecule has 10 nitrogen and oxygen atoms in total. The standard InChI is InChI=1S/C31H25N5O5S3/c1-40-27-10-6-9-23(29(27)41-2)24-17-26(20-7-4-3-5-8-20)35-30(25(24)18-32)43-19-28(37)34-21-11-13-22(14-12-21)44(38,39)36-31-33-15-16-42-31/h3-17H,19H2,1-2H3,(H,33,36)(H,34,37). The van der Waals surface area contributed by atoms with Gasteiger partial charge in [0.25, 0.3) is 10.0 Å². The lowest BCUT2D eigenvalue weighted by molar-refractivity contribution is -0.113. The molecule has 3 aromatic carbocycles. The predicted octanol–water partition coefficient (Wildman–Crippen LogP) is 6.29. The van der Waals surface area contributed by atoms with E-state index < -0.39 is 10.0 Å². The van der Waals surface area contributed by atoms with Crippen LogP contribution in [0.5, 0.6) is 11.5 Å². The summed E-state index contributed by atoms with van der Waals surface area (Å²) >= 11 is 2.29. The van der Waals surface area contributed by atoms with Crippen LogP contribution in [-0.4, -0.2) is 44.3 Å². The van der Waals surface area contributed by atoms with Crippen LogP contribution < -0.4 is 19.5 Å². The molecule has 0 aliphatic carbocycles. The molecule has 5 aromatic rings. The van der Waals surface area contributed by atoms with Crippen molar-refractivity contribution in [2.24, 2.45) is 0 Å². The van der Waals surface area contributed by atoms with Gasteiger partial charge in [0.15, 0.2) is 16.6 Å². The fraction of sp³-hybridized carbons (Fsp3) is 0.0968. The molecule has 0 saturated heterocycles. The minimum Gasteiger partial charge on any atom is -0.493 e. The number of para-hydroxylation sites is 1. The van der Waals surface area contributed by atoms with Crippen LogP contribution in [0.15, 0.2) is 100 Å². The van der Waals surface area contributed by atoms with Crippen molar-refractivity contribution in [1.82, 2.24) is 9.97 Å². The molecule has 44 heavy (non-hydrogen) atoms. The molecule has 5 rings (SSSR count). The second kappa shape index (κ2) is 13.6. The summed E-state index contributed by atoms with van der Waals surface area (Å²) in [5.41, 5.74) is 3.40. The van der Waals surface area contributed by atoms with Crippen LogP contribution in [0, 0.1) is 11.3 Å². The van der Waals surface area contributed by atoms with E-state index in [-0.39, 0.29) is 27.3 Å². The molecule has 0 spiro atoms. The lowest BCUT2D eigenvalue weighted by atomic mass is 9.98. The lowest BCUT2D eigenvalue weighted by Crippen LogP contribution is -2.15. The molecule has 0 aliphatic rings. The van der Waals surface area contributed by atoms with Crippen LogP contribution in [0.4, 0.5) is 10.8 Å². The molecule has 0 atom stereocenters. The molecular weight excluding hydrogens is 619 g/mol. The van der Waals surface area contributed by atoms with Crippen molar-refractivity contribution < 1.29 is 22.7 Å². The number of amides is 1. The Morgan fingerprint density at radius 2 is 1.77 bits per heavy atom. The van der Waals surface area contributed by atoms with E-state index in [0.29, 0.717) is 39.0 Å². The summed E-state index contributed by atoms with van der Waals surface area (Å²) in [6, 6.07) is 24.8. The zero-order valence-corrected chi connectivity index (χ0v) is 25.9. The maximum Gasteiger partial charge on any atom is 0.263 e. The molecule has 2 N–H and O–H groups in total. The van der Waals surface area contributed by atoms with Gasteiger partial charge in [-0.05, 0) is 36.4 Å². The smallest absolute Gasteiger partial charge is 0.263 e. The first-order chi connectivity index (χ1) is 21.3. The van der Waals surface area contributed by atoms with Gasteiger partial charge >= 0.3 is 0 Å². The Hall–Kier alpha value is -4.90. The maximum absolute atomic E-state index is 13.0. The summed E-state index contributed by atoms with van der Waals surface area (Å²) in [4.78, 5) is 21.7. The Kier molecular flexibility index (Phi) is 9.44. The number of carbonyl (C=O) groups excluding carboxylic acids is 1. The van der Waals surface area contributed by atoms with Crippen LogP contribution >= 0.6 is 23.1 Å². The number of nitriles is 1. The number of pyridine rings is 1. The van der Waals surface area contributed by atoms with Crippen molar-refractivity contribution in [3.05, 3.63) is 96.0 Å². The number of nitrogens with one attached hydrogen (secondary N) is 2. The zero-order chi connectivity index (χ0) is 31.1. The first kappa shape index (κ1) is 30.6. The Labute approximate surface area is 262 Å². The molecule has 0 radical (unpaired) electrons. The highest BCUT2D eigenvalue weighted by Crippen LogP contribution is 2.42. The van der Waals surface area contributed by atoms with E-state index >= 15 is 0 Å². The number of thioether (sulfide) groups is 1. The number of hydrogen-bond acceptors (Lipinski definition) is 10. The fourth-order valence-electron chi connectivity index (χ4n) is 4.30. The maximum atomic E-state index is 13.0. The van der Waals surface area contributed by atoms with Gasteiger partial charge in [-0.25, -0.2) is 18.4 Å². The number of thiazole rings is 1. The summed E-state index contributed by atoms with van der Waals surface area (Å²) < 4.78 is 38.8. The number of aromatic nitrogens is 2. The second-order valence-electron chi connectivity index (χ2n) is 9.06. The molecule has 2 aromatic heterocycles. The summed E-state index contributed by atoms with van der Waals surface area (Å²) in [5, 5.41) is 15.3. The summed E-state index contributed by atoms with van der Waals surface area (Å²) in [6.07, 6.45) is 1.50. The van der Waals surface area contributed by atoms with Gasteiger partial charge in [0, 0.05) is 34.0 Å². The van der Waals surface area contributed by atoms with Gasteiger partial charge in [-0.1, -0.05) is 54.2 Å². The third-order valence-corrected chi connectivity index (χ3v) is 9.45. The highest BCUT2D eigenvalue weighted by Gasteiger charge is 2.21. The van der Waals surface area contributed by atoms with Gasteiger partial charge < -0.3 is 14.8 Å². The molecule has 1 amide bonds. The lowest BCUT2D eigenvalue weighted by Gasteiger charge is -2.16. The highest BCUT2D eigenvalue weighted by molar-refractivity contribution is 8.00. The van der Waals surface area contributed by atoms with Gasteiger partial charge in [-0.2, -0.15) is 5.26 Å². The van der Waals surface area contributed by atoms with E-state index in [1.54, 1.807) is 18.6 Å². The second-order valence-corrected chi connectivity index (χ2v) is 12.6. The largest absolute Gasteiger partial charge is 0.493 e. The SMILES string of the molecule is COc1cccc(-c2cc(-c3ccccc3)nc(SCC(=O)Nc3ccc(S(=O)(=O)Nc4nccs4)cc3)c2C#N)c1OC. The number of nitrogens with zero attached hydrogens (tertiary/aromatic N) is 3. The average Bonchev–Trinajstić information content (AvgIpc) is 3.55. The Bertz CT molecular complexity index is 1930. The number of ether oxygens (including phenoxy) is 2. The van der Waals surface area contributed by atoms with Crippen LogP contribution in [0.25, 0.3) is 22.4 Å². The van der Waals surface area contributed by atoms with Crippen molar-refractivity contribution in [2.75, 3.05) is 30.0 Å².